The predicted molar refractivity (Wildman–Crippen MR) is 127 cm³/mol. The minimum atomic E-state index is -0.351. The molecule has 3 fully saturated rings. The summed E-state index contributed by atoms with van der Waals surface area (Å²) < 4.78 is 10.9. The summed E-state index contributed by atoms with van der Waals surface area (Å²) in [7, 11) is 0. The summed E-state index contributed by atoms with van der Waals surface area (Å²) in [5.41, 5.74) is 3.94. The zero-order chi connectivity index (χ0) is 23.3. The van der Waals surface area contributed by atoms with Crippen LogP contribution < -0.4 is 9.80 Å². The van der Waals surface area contributed by atoms with Crippen molar-refractivity contribution in [2.24, 2.45) is 11.8 Å². The predicted octanol–water partition coefficient (Wildman–Crippen LogP) is 4.13. The highest BCUT2D eigenvalue weighted by Crippen LogP contribution is 2.43. The van der Waals surface area contributed by atoms with Crippen molar-refractivity contribution in [1.82, 2.24) is 4.90 Å². The van der Waals surface area contributed by atoms with Gasteiger partial charge in [0.15, 0.2) is 0 Å². The highest BCUT2D eigenvalue weighted by molar-refractivity contribution is 6.04. The molecular formula is C26H35N3O4. The van der Waals surface area contributed by atoms with Crippen LogP contribution in [0.4, 0.5) is 16.2 Å². The molecule has 1 saturated carbocycles. The molecule has 178 valence electrons. The number of rotatable bonds is 5. The Bertz CT molecular complexity index is 953. The Labute approximate surface area is 196 Å². The Hall–Kier alpha value is -2.54. The highest BCUT2D eigenvalue weighted by Gasteiger charge is 2.42. The Morgan fingerprint density at radius 3 is 2.58 bits per heavy atom. The van der Waals surface area contributed by atoms with Gasteiger partial charge in [0.25, 0.3) is 0 Å². The molecule has 2 amide bonds. The van der Waals surface area contributed by atoms with Gasteiger partial charge in [-0.1, -0.05) is 12.6 Å². The van der Waals surface area contributed by atoms with Crippen molar-refractivity contribution in [1.29, 1.82) is 0 Å². The topological polar surface area (TPSA) is 62.3 Å². The van der Waals surface area contributed by atoms with Gasteiger partial charge < -0.3 is 19.3 Å². The van der Waals surface area contributed by atoms with Gasteiger partial charge >= 0.3 is 6.09 Å². The first kappa shape index (κ1) is 22.3. The number of ether oxygens (including phenoxy) is 2. The third-order valence-corrected chi connectivity index (χ3v) is 7.19. The Morgan fingerprint density at radius 2 is 1.94 bits per heavy atom. The number of fused-ring (bicyclic) bond motifs is 1. The quantitative estimate of drug-likeness (QED) is 0.671. The van der Waals surface area contributed by atoms with Crippen LogP contribution in [0.5, 0.6) is 0 Å². The zero-order valence-corrected chi connectivity index (χ0v) is 20.0. The molecule has 1 aliphatic carbocycles. The molecule has 7 nitrogen and oxygen atoms in total. The number of nitrogens with zero attached hydrogens (tertiary/aromatic N) is 3. The van der Waals surface area contributed by atoms with Crippen LogP contribution in [-0.4, -0.2) is 61.9 Å². The van der Waals surface area contributed by atoms with Crippen LogP contribution in [0.1, 0.15) is 51.5 Å². The van der Waals surface area contributed by atoms with Crippen LogP contribution >= 0.6 is 0 Å². The van der Waals surface area contributed by atoms with E-state index in [2.05, 4.69) is 23.6 Å². The summed E-state index contributed by atoms with van der Waals surface area (Å²) in [5, 5.41) is 0. The first-order valence-corrected chi connectivity index (χ1v) is 12.3. The molecule has 0 aromatic heterocycles. The summed E-state index contributed by atoms with van der Waals surface area (Å²) in [5.74, 6) is 1.21. The molecule has 3 aliphatic heterocycles. The van der Waals surface area contributed by atoms with E-state index in [4.69, 9.17) is 9.47 Å². The fraction of sp³-hybridized carbons (Fsp3) is 0.615. The van der Waals surface area contributed by atoms with Crippen molar-refractivity contribution in [2.75, 3.05) is 42.6 Å². The molecule has 3 heterocycles. The molecule has 0 radical (unpaired) electrons. The van der Waals surface area contributed by atoms with Gasteiger partial charge in [-0.25, -0.2) is 4.79 Å². The normalized spacial score (nSPS) is 25.3. The Kier molecular flexibility index (Phi) is 5.85. The van der Waals surface area contributed by atoms with Crippen LogP contribution in [0.2, 0.25) is 0 Å². The molecule has 1 unspecified atom stereocenters. The van der Waals surface area contributed by atoms with Crippen molar-refractivity contribution in [3.63, 3.8) is 0 Å². The highest BCUT2D eigenvalue weighted by atomic mass is 16.6. The number of hydrogen-bond acceptors (Lipinski definition) is 5. The summed E-state index contributed by atoms with van der Waals surface area (Å²) in [4.78, 5) is 32.1. The third-order valence-electron chi connectivity index (χ3n) is 7.19. The first-order valence-electron chi connectivity index (χ1n) is 12.3. The van der Waals surface area contributed by atoms with Gasteiger partial charge in [-0.2, -0.15) is 0 Å². The maximum Gasteiger partial charge on any atom is 0.414 e. The smallest absolute Gasteiger partial charge is 0.414 e. The largest absolute Gasteiger partial charge is 0.446 e. The molecule has 4 aliphatic rings. The van der Waals surface area contributed by atoms with E-state index in [9.17, 15) is 9.59 Å². The minimum absolute atomic E-state index is 0.0948. The molecule has 1 aromatic rings. The number of carbonyl (C=O) groups is 2. The second kappa shape index (κ2) is 8.67. The number of likely N-dealkylation sites (tertiary alicyclic amines) is 1. The lowest BCUT2D eigenvalue weighted by atomic mass is 9.95. The van der Waals surface area contributed by atoms with E-state index in [-0.39, 0.29) is 30.1 Å². The molecule has 2 saturated heterocycles. The van der Waals surface area contributed by atoms with Crippen molar-refractivity contribution >= 4 is 23.4 Å². The number of hydrogen-bond donors (Lipinski definition) is 0. The zero-order valence-electron chi connectivity index (χ0n) is 20.0. The van der Waals surface area contributed by atoms with Crippen molar-refractivity contribution < 1.29 is 19.1 Å². The summed E-state index contributed by atoms with van der Waals surface area (Å²) >= 11 is 0. The molecule has 7 heteroatoms. The van der Waals surface area contributed by atoms with Gasteiger partial charge in [0.05, 0.1) is 36.7 Å². The van der Waals surface area contributed by atoms with Gasteiger partial charge in [0, 0.05) is 43.1 Å². The van der Waals surface area contributed by atoms with E-state index in [1.807, 2.05) is 31.7 Å². The average Bonchev–Trinajstić information content (AvgIpc) is 3.52. The number of amides is 2. The van der Waals surface area contributed by atoms with E-state index in [1.54, 1.807) is 4.90 Å². The second-order valence-electron chi connectivity index (χ2n) is 10.4. The third kappa shape index (κ3) is 4.35. The number of benzene rings is 1. The molecule has 1 aromatic carbocycles. The maximum atomic E-state index is 13.1. The summed E-state index contributed by atoms with van der Waals surface area (Å²) in [6.07, 6.45) is 2.27. The number of carbonyl (C=O) groups excluding carboxylic acids is 2. The van der Waals surface area contributed by atoms with E-state index < -0.39 is 0 Å². The lowest BCUT2D eigenvalue weighted by Gasteiger charge is -2.41. The number of allylic oxidation sites excluding steroid dienone is 1. The van der Waals surface area contributed by atoms with Crippen LogP contribution in [0.15, 0.2) is 30.5 Å². The van der Waals surface area contributed by atoms with Crippen molar-refractivity contribution in [3.8, 4) is 0 Å². The SMILES string of the molecule is C=C1CC(c2ccc3c(c2)N(C(=O)OC(C)C)C[C@H](C)N3C(=O)C2CC2)CN1CC1COC1. The molecular weight excluding hydrogens is 418 g/mol. The van der Waals surface area contributed by atoms with Crippen LogP contribution in [-0.2, 0) is 14.3 Å². The fourth-order valence-corrected chi connectivity index (χ4v) is 5.20. The van der Waals surface area contributed by atoms with Crippen LogP contribution in [0.3, 0.4) is 0 Å². The second-order valence-corrected chi connectivity index (χ2v) is 10.4. The van der Waals surface area contributed by atoms with Gasteiger partial charge in [0.1, 0.15) is 0 Å². The van der Waals surface area contributed by atoms with Crippen molar-refractivity contribution in [2.45, 2.75) is 58.1 Å². The van der Waals surface area contributed by atoms with Gasteiger partial charge in [-0.3, -0.25) is 9.69 Å². The molecule has 0 spiro atoms. The fourth-order valence-electron chi connectivity index (χ4n) is 5.20. The molecule has 2 atom stereocenters. The van der Waals surface area contributed by atoms with Crippen LogP contribution in [0, 0.1) is 11.8 Å². The maximum absolute atomic E-state index is 13.1. The number of anilines is 2. The lowest BCUT2D eigenvalue weighted by molar-refractivity contribution is -0.120. The van der Waals surface area contributed by atoms with E-state index in [1.165, 1.54) is 11.3 Å². The molecule has 33 heavy (non-hydrogen) atoms. The standard InChI is InChI=1S/C26H35N3O4/c1-16(2)33-26(31)28-11-18(4)29(25(30)20-5-6-20)23-8-7-21(10-24(23)28)22-9-17(3)27(13-22)12-19-14-32-15-19/h7-8,10,16,18-20,22H,3,5-6,9,11-15H2,1-2,4H3/t18-,22?/m0/s1. The van der Waals surface area contributed by atoms with E-state index >= 15 is 0 Å². The van der Waals surface area contributed by atoms with Crippen molar-refractivity contribution in [3.05, 3.63) is 36.0 Å². The first-order chi connectivity index (χ1) is 15.8. The Morgan fingerprint density at radius 1 is 1.18 bits per heavy atom. The van der Waals surface area contributed by atoms with Gasteiger partial charge in [-0.15, -0.1) is 0 Å². The van der Waals surface area contributed by atoms with Gasteiger partial charge in [-0.05, 0) is 57.7 Å². The average molecular weight is 454 g/mol. The monoisotopic (exact) mass is 453 g/mol. The van der Waals surface area contributed by atoms with Gasteiger partial charge in [0.2, 0.25) is 5.91 Å². The minimum Gasteiger partial charge on any atom is -0.446 e. The van der Waals surface area contributed by atoms with Crippen LogP contribution in [0.25, 0.3) is 0 Å². The lowest BCUT2D eigenvalue weighted by Crippen LogP contribution is -2.52. The Balaban J connectivity index is 1.44. The van der Waals surface area contributed by atoms with E-state index in [0.717, 1.165) is 56.9 Å². The molecule has 5 rings (SSSR count). The summed E-state index contributed by atoms with van der Waals surface area (Å²) in [6.45, 7) is 14.1. The molecule has 0 bridgehead atoms. The van der Waals surface area contributed by atoms with E-state index in [0.29, 0.717) is 18.4 Å². The summed E-state index contributed by atoms with van der Waals surface area (Å²) in [6, 6.07) is 6.16. The molecule has 0 N–H and O–H groups in total.